The Bertz CT molecular complexity index is 1710. The van der Waals surface area contributed by atoms with E-state index in [-0.39, 0.29) is 5.41 Å². The first-order valence-corrected chi connectivity index (χ1v) is 17.9. The Morgan fingerprint density at radius 2 is 1.81 bits per heavy atom. The predicted octanol–water partition coefficient (Wildman–Crippen LogP) is 7.62. The van der Waals surface area contributed by atoms with Crippen molar-refractivity contribution in [2.75, 3.05) is 71.0 Å². The molecule has 0 aliphatic carbocycles. The van der Waals surface area contributed by atoms with E-state index in [4.69, 9.17) is 49.9 Å². The number of thiocarbonyl (C=S) groups is 1. The highest BCUT2D eigenvalue weighted by atomic mass is 35.5. The van der Waals surface area contributed by atoms with Crippen molar-refractivity contribution in [3.8, 4) is 5.75 Å². The average Bonchev–Trinajstić information content (AvgIpc) is 3.60. The highest BCUT2D eigenvalue weighted by molar-refractivity contribution is 7.80. The monoisotopic (exact) mass is 693 g/mol. The fourth-order valence-electron chi connectivity index (χ4n) is 7.21. The van der Waals surface area contributed by atoms with Crippen LogP contribution in [0.25, 0.3) is 11.0 Å². The third-order valence-corrected chi connectivity index (χ3v) is 11.1. The van der Waals surface area contributed by atoms with Crippen molar-refractivity contribution in [3.05, 3.63) is 87.4 Å². The van der Waals surface area contributed by atoms with Crippen molar-refractivity contribution in [3.63, 3.8) is 0 Å². The second-order valence-corrected chi connectivity index (χ2v) is 14.0. The summed E-state index contributed by atoms with van der Waals surface area (Å²) < 4.78 is 13.8. The average molecular weight is 695 g/mol. The van der Waals surface area contributed by atoms with Crippen LogP contribution in [0.15, 0.2) is 60.7 Å². The molecule has 2 fully saturated rings. The first kappa shape index (κ1) is 34.0. The van der Waals surface area contributed by atoms with Gasteiger partial charge in [0, 0.05) is 51.3 Å². The number of aryl methyl sites for hydroxylation is 1. The zero-order valence-electron chi connectivity index (χ0n) is 27.7. The zero-order chi connectivity index (χ0) is 33.0. The summed E-state index contributed by atoms with van der Waals surface area (Å²) in [7, 11) is 1.71. The van der Waals surface area contributed by atoms with Gasteiger partial charge in [0.15, 0.2) is 0 Å². The van der Waals surface area contributed by atoms with Gasteiger partial charge in [-0.3, -0.25) is 0 Å². The molecule has 6 rings (SSSR count). The number of anilines is 1. The molecule has 0 radical (unpaired) electrons. The van der Waals surface area contributed by atoms with Crippen LogP contribution in [-0.2, 0) is 16.7 Å². The Balaban J connectivity index is 1.19. The molecular formula is C37H45Cl2N5O2S. The number of rotatable bonds is 11. The van der Waals surface area contributed by atoms with Gasteiger partial charge in [-0.25, -0.2) is 4.98 Å². The molecule has 0 spiro atoms. The summed E-state index contributed by atoms with van der Waals surface area (Å²) in [4.78, 5) is 13.4. The molecule has 10 heteroatoms. The van der Waals surface area contributed by atoms with Gasteiger partial charge in [-0.15, -0.1) is 0 Å². The molecule has 47 heavy (non-hydrogen) atoms. The van der Waals surface area contributed by atoms with Crippen LogP contribution in [0.1, 0.15) is 42.9 Å². The summed E-state index contributed by atoms with van der Waals surface area (Å²) in [5.74, 6) is 1.86. The first-order chi connectivity index (χ1) is 22.8. The highest BCUT2D eigenvalue weighted by Crippen LogP contribution is 2.41. The van der Waals surface area contributed by atoms with Crippen LogP contribution in [-0.4, -0.2) is 90.5 Å². The summed E-state index contributed by atoms with van der Waals surface area (Å²) in [6, 6.07) is 20.8. The Hall–Kier alpha value is -2.88. The van der Waals surface area contributed by atoms with Gasteiger partial charge in [-0.05, 0) is 88.2 Å². The Morgan fingerprint density at radius 3 is 2.62 bits per heavy atom. The Labute approximate surface area is 294 Å². The van der Waals surface area contributed by atoms with Gasteiger partial charge >= 0.3 is 0 Å². The maximum Gasteiger partial charge on any atom is 0.206 e. The van der Waals surface area contributed by atoms with Gasteiger partial charge in [-0.1, -0.05) is 65.2 Å². The minimum absolute atomic E-state index is 0.103. The molecule has 0 N–H and O–H groups in total. The predicted molar refractivity (Wildman–Crippen MR) is 198 cm³/mol. The quantitative estimate of drug-likeness (QED) is 0.118. The van der Waals surface area contributed by atoms with Gasteiger partial charge in [-0.2, -0.15) is 0 Å². The summed E-state index contributed by atoms with van der Waals surface area (Å²) in [5, 5.41) is 1.18. The number of nitrogens with zero attached hydrogens (tertiary/aromatic N) is 5. The molecule has 2 saturated heterocycles. The van der Waals surface area contributed by atoms with E-state index in [1.165, 1.54) is 11.1 Å². The van der Waals surface area contributed by atoms with Crippen molar-refractivity contribution in [2.24, 2.45) is 0 Å². The molecule has 7 nitrogen and oxygen atoms in total. The van der Waals surface area contributed by atoms with Crippen LogP contribution < -0.4 is 9.64 Å². The van der Waals surface area contributed by atoms with E-state index < -0.39 is 0 Å². The molecule has 250 valence electrons. The van der Waals surface area contributed by atoms with Gasteiger partial charge in [0.05, 0.1) is 40.4 Å². The van der Waals surface area contributed by atoms with E-state index in [1.807, 2.05) is 19.1 Å². The maximum absolute atomic E-state index is 6.61. The lowest BCUT2D eigenvalue weighted by atomic mass is 9.76. The zero-order valence-corrected chi connectivity index (χ0v) is 30.0. The second-order valence-electron chi connectivity index (χ2n) is 12.8. The van der Waals surface area contributed by atoms with Crippen LogP contribution in [0, 0.1) is 6.92 Å². The van der Waals surface area contributed by atoms with Crippen LogP contribution in [0.2, 0.25) is 10.0 Å². The van der Waals surface area contributed by atoms with Crippen LogP contribution in [0.5, 0.6) is 5.75 Å². The highest BCUT2D eigenvalue weighted by Gasteiger charge is 2.41. The van der Waals surface area contributed by atoms with E-state index >= 15 is 0 Å². The number of likely N-dealkylation sites (tertiary alicyclic amines) is 1. The molecule has 2 aliphatic rings. The molecule has 1 unspecified atom stereocenters. The fourth-order valence-corrected chi connectivity index (χ4v) is 7.82. The van der Waals surface area contributed by atoms with Gasteiger partial charge in [0.2, 0.25) is 5.95 Å². The third-order valence-electron chi connectivity index (χ3n) is 9.83. The number of halogens is 2. The van der Waals surface area contributed by atoms with E-state index in [2.05, 4.69) is 74.7 Å². The lowest BCUT2D eigenvalue weighted by Crippen LogP contribution is -2.39. The minimum Gasteiger partial charge on any atom is -0.496 e. The molecular weight excluding hydrogens is 649 g/mol. The van der Waals surface area contributed by atoms with Gasteiger partial charge < -0.3 is 28.7 Å². The molecule has 1 aromatic heterocycles. The van der Waals surface area contributed by atoms with E-state index in [9.17, 15) is 0 Å². The number of aromatic nitrogens is 2. The van der Waals surface area contributed by atoms with E-state index in [0.717, 1.165) is 105 Å². The molecule has 3 heterocycles. The van der Waals surface area contributed by atoms with E-state index in [1.54, 1.807) is 7.11 Å². The number of para-hydroxylation sites is 2. The van der Waals surface area contributed by atoms with Crippen LogP contribution in [0.4, 0.5) is 5.95 Å². The van der Waals surface area contributed by atoms with Crippen molar-refractivity contribution in [1.82, 2.24) is 19.4 Å². The SMILES string of the molecule is CCOCCn1c(N2CCCN(CCC3(c4ccc(Cl)c(Cl)c4)CCN(C(=S)c4cc(C)ccc4OC)C3)CC2)nc2ccccc21. The number of methoxy groups -OCH3 is 1. The van der Waals surface area contributed by atoms with Gasteiger partial charge in [0.25, 0.3) is 0 Å². The van der Waals surface area contributed by atoms with Crippen molar-refractivity contribution in [2.45, 2.75) is 45.1 Å². The summed E-state index contributed by atoms with van der Waals surface area (Å²) >= 11 is 19.1. The standard InChI is InChI=1S/C37H45Cl2N5O2S/c1-4-46-23-22-44-33-9-6-5-8-32(33)40-36(44)42-17-7-16-41(20-21-42)18-14-37(28-11-12-30(38)31(39)25-28)15-19-43(26-37)35(47)29-24-27(2)10-13-34(29)45-3/h5-6,8-13,24-25H,4,7,14-23,26H2,1-3H3. The number of imidazole rings is 1. The molecule has 3 aromatic carbocycles. The smallest absolute Gasteiger partial charge is 0.206 e. The van der Waals surface area contributed by atoms with Crippen molar-refractivity contribution < 1.29 is 9.47 Å². The summed E-state index contributed by atoms with van der Waals surface area (Å²) in [5.41, 5.74) is 5.47. The number of ether oxygens (including phenoxy) is 2. The summed E-state index contributed by atoms with van der Waals surface area (Å²) in [6.07, 6.45) is 3.07. The van der Waals surface area contributed by atoms with Crippen LogP contribution in [0.3, 0.4) is 0 Å². The molecule has 0 saturated carbocycles. The maximum atomic E-state index is 6.61. The number of hydrogen-bond acceptors (Lipinski definition) is 6. The minimum atomic E-state index is -0.103. The lowest BCUT2D eigenvalue weighted by molar-refractivity contribution is 0.140. The van der Waals surface area contributed by atoms with Crippen LogP contribution >= 0.6 is 35.4 Å². The third kappa shape index (κ3) is 7.42. The largest absolute Gasteiger partial charge is 0.496 e. The molecule has 1 atom stereocenters. The number of fused-ring (bicyclic) bond motifs is 1. The molecule has 2 aliphatic heterocycles. The van der Waals surface area contributed by atoms with Gasteiger partial charge in [0.1, 0.15) is 10.7 Å². The first-order valence-electron chi connectivity index (χ1n) is 16.7. The lowest BCUT2D eigenvalue weighted by Gasteiger charge is -2.33. The topological polar surface area (TPSA) is 46.0 Å². The second kappa shape index (κ2) is 15.1. The molecule has 0 amide bonds. The summed E-state index contributed by atoms with van der Waals surface area (Å²) in [6.45, 7) is 13.0. The number of benzene rings is 3. The normalized spacial score (nSPS) is 19.0. The van der Waals surface area contributed by atoms with E-state index in [0.29, 0.717) is 23.3 Å². The molecule has 0 bridgehead atoms. The fraction of sp³-hybridized carbons (Fsp3) is 0.459. The Morgan fingerprint density at radius 1 is 0.957 bits per heavy atom. The van der Waals surface area contributed by atoms with Crippen molar-refractivity contribution >= 4 is 57.4 Å². The Kier molecular flexibility index (Phi) is 10.9. The van der Waals surface area contributed by atoms with Crippen molar-refractivity contribution in [1.29, 1.82) is 0 Å². The molecule has 4 aromatic rings. The number of hydrogen-bond donors (Lipinski definition) is 0.